The van der Waals surface area contributed by atoms with E-state index in [0.29, 0.717) is 35.2 Å². The Labute approximate surface area is 119 Å². The highest BCUT2D eigenvalue weighted by Crippen LogP contribution is 2.26. The first-order valence-electron chi connectivity index (χ1n) is 6.00. The smallest absolute Gasteiger partial charge is 0.288 e. The molecule has 0 aliphatic heterocycles. The molecule has 1 N–H and O–H groups in total. The van der Waals surface area contributed by atoms with Gasteiger partial charge in [0.25, 0.3) is 5.76 Å². The third-order valence-electron chi connectivity index (χ3n) is 2.54. The molecule has 0 saturated carbocycles. The zero-order valence-corrected chi connectivity index (χ0v) is 11.3. The number of thioether (sulfide) groups is 1. The summed E-state index contributed by atoms with van der Waals surface area (Å²) in [5.41, 5.74) is 0.591. The van der Waals surface area contributed by atoms with E-state index in [2.05, 4.69) is 5.32 Å². The van der Waals surface area contributed by atoms with E-state index in [9.17, 15) is 13.6 Å². The second-order valence-electron chi connectivity index (χ2n) is 4.03. The number of benzene rings is 1. The molecule has 1 aromatic heterocycles. The van der Waals surface area contributed by atoms with E-state index >= 15 is 0 Å². The zero-order chi connectivity index (χ0) is 14.4. The van der Waals surface area contributed by atoms with Crippen LogP contribution in [0.2, 0.25) is 0 Å². The Balaban J connectivity index is 1.81. The van der Waals surface area contributed by atoms with Crippen molar-refractivity contribution in [3.8, 4) is 0 Å². The number of halogens is 2. The van der Waals surface area contributed by atoms with Gasteiger partial charge < -0.3 is 9.73 Å². The highest BCUT2D eigenvalue weighted by molar-refractivity contribution is 7.99. The van der Waals surface area contributed by atoms with Gasteiger partial charge in [0.05, 0.1) is 6.26 Å². The second-order valence-corrected chi connectivity index (χ2v) is 5.09. The Hall–Kier alpha value is -1.82. The van der Waals surface area contributed by atoms with Gasteiger partial charge in [0.1, 0.15) is 5.76 Å². The summed E-state index contributed by atoms with van der Waals surface area (Å²) in [5, 5.41) is 2.71. The molecule has 0 radical (unpaired) electrons. The van der Waals surface area contributed by atoms with E-state index in [1.807, 2.05) is 6.07 Å². The minimum atomic E-state index is -2.44. The van der Waals surface area contributed by atoms with Gasteiger partial charge in [-0.1, -0.05) is 11.8 Å². The van der Waals surface area contributed by atoms with E-state index in [0.717, 1.165) is 5.76 Å². The van der Waals surface area contributed by atoms with Gasteiger partial charge in [-0.2, -0.15) is 8.78 Å². The van der Waals surface area contributed by atoms with Crippen LogP contribution in [0.1, 0.15) is 12.2 Å². The summed E-state index contributed by atoms with van der Waals surface area (Å²) in [6.45, 7) is 0. The summed E-state index contributed by atoms with van der Waals surface area (Å²) < 4.78 is 29.4. The molecule has 0 aliphatic rings. The number of amides is 1. The number of hydrogen-bond acceptors (Lipinski definition) is 3. The van der Waals surface area contributed by atoms with Gasteiger partial charge in [0, 0.05) is 23.4 Å². The summed E-state index contributed by atoms with van der Waals surface area (Å²) >= 11 is 0.476. The van der Waals surface area contributed by atoms with Crippen molar-refractivity contribution >= 4 is 23.4 Å². The van der Waals surface area contributed by atoms with Crippen LogP contribution in [0.25, 0.3) is 0 Å². The molecule has 1 amide bonds. The van der Waals surface area contributed by atoms with Gasteiger partial charge >= 0.3 is 0 Å². The highest BCUT2D eigenvalue weighted by atomic mass is 32.2. The van der Waals surface area contributed by atoms with Gasteiger partial charge in [-0.3, -0.25) is 4.79 Å². The fraction of sp³-hybridized carbons (Fsp3) is 0.214. The first-order valence-corrected chi connectivity index (χ1v) is 6.88. The lowest BCUT2D eigenvalue weighted by Gasteiger charge is -2.06. The minimum Gasteiger partial charge on any atom is -0.469 e. The molecule has 2 rings (SSSR count). The van der Waals surface area contributed by atoms with Gasteiger partial charge in [0.15, 0.2) is 0 Å². The summed E-state index contributed by atoms with van der Waals surface area (Å²) in [4.78, 5) is 12.2. The van der Waals surface area contributed by atoms with Crippen molar-refractivity contribution in [1.29, 1.82) is 0 Å². The van der Waals surface area contributed by atoms with Crippen LogP contribution in [0.3, 0.4) is 0 Å². The van der Waals surface area contributed by atoms with E-state index < -0.39 is 5.76 Å². The molecule has 1 aromatic carbocycles. The molecule has 3 nitrogen and oxygen atoms in total. The number of rotatable bonds is 6. The number of hydrogen-bond donors (Lipinski definition) is 1. The quantitative estimate of drug-likeness (QED) is 0.814. The zero-order valence-electron chi connectivity index (χ0n) is 10.5. The molecular weight excluding hydrogens is 284 g/mol. The molecule has 6 heteroatoms. The normalized spacial score (nSPS) is 10.8. The Morgan fingerprint density at radius 2 is 2.00 bits per heavy atom. The maximum absolute atomic E-state index is 12.2. The van der Waals surface area contributed by atoms with Crippen LogP contribution in [0.5, 0.6) is 0 Å². The van der Waals surface area contributed by atoms with Crippen molar-refractivity contribution < 1.29 is 18.0 Å². The van der Waals surface area contributed by atoms with Gasteiger partial charge in [-0.15, -0.1) is 0 Å². The number of nitrogens with one attached hydrogen (secondary N) is 1. The van der Waals surface area contributed by atoms with E-state index in [1.165, 1.54) is 0 Å². The predicted molar refractivity (Wildman–Crippen MR) is 74.0 cm³/mol. The Kier molecular flexibility index (Phi) is 5.17. The van der Waals surface area contributed by atoms with Crippen LogP contribution in [-0.2, 0) is 11.2 Å². The number of alkyl halides is 2. The summed E-state index contributed by atoms with van der Waals surface area (Å²) in [7, 11) is 0. The lowest BCUT2D eigenvalue weighted by Crippen LogP contribution is -2.12. The predicted octanol–water partition coefficient (Wildman–Crippen LogP) is 4.17. The van der Waals surface area contributed by atoms with Gasteiger partial charge in [0.2, 0.25) is 5.91 Å². The Bertz CT molecular complexity index is 541. The summed E-state index contributed by atoms with van der Waals surface area (Å²) in [5.74, 6) is -1.83. The van der Waals surface area contributed by atoms with Crippen LogP contribution in [0, 0.1) is 0 Å². The average molecular weight is 297 g/mol. The molecule has 0 spiro atoms. The monoisotopic (exact) mass is 297 g/mol. The van der Waals surface area contributed by atoms with Crippen molar-refractivity contribution in [2.24, 2.45) is 0 Å². The topological polar surface area (TPSA) is 42.2 Å². The van der Waals surface area contributed by atoms with E-state index in [4.69, 9.17) is 4.42 Å². The molecule has 1 heterocycles. The Morgan fingerprint density at radius 1 is 1.25 bits per heavy atom. The maximum atomic E-state index is 12.2. The minimum absolute atomic E-state index is 0.143. The third kappa shape index (κ3) is 4.70. The molecule has 0 fully saturated rings. The standard InChI is InChI=1S/C14H13F2NO2S/c15-14(16)20-12-6-3-10(4-7-12)17-13(18)8-5-11-2-1-9-19-11/h1-4,6-7,9,14H,5,8H2,(H,17,18). The molecule has 0 atom stereocenters. The van der Waals surface area contributed by atoms with Gasteiger partial charge in [-0.05, 0) is 36.4 Å². The van der Waals surface area contributed by atoms with Crippen molar-refractivity contribution in [3.05, 3.63) is 48.4 Å². The SMILES string of the molecule is O=C(CCc1ccco1)Nc1ccc(SC(F)F)cc1. The van der Waals surface area contributed by atoms with Gasteiger partial charge in [-0.25, -0.2) is 0 Å². The lowest BCUT2D eigenvalue weighted by atomic mass is 10.2. The largest absolute Gasteiger partial charge is 0.469 e. The number of carbonyl (C=O) groups is 1. The number of anilines is 1. The van der Waals surface area contributed by atoms with E-state index in [-0.39, 0.29) is 5.91 Å². The molecule has 0 saturated heterocycles. The number of furan rings is 1. The van der Waals surface area contributed by atoms with E-state index in [1.54, 1.807) is 36.6 Å². The molecule has 0 unspecified atom stereocenters. The summed E-state index contributed by atoms with van der Waals surface area (Å²) in [6, 6.07) is 9.90. The number of carbonyl (C=O) groups excluding carboxylic acids is 1. The third-order valence-corrected chi connectivity index (χ3v) is 3.26. The fourth-order valence-corrected chi connectivity index (χ4v) is 2.13. The van der Waals surface area contributed by atoms with Crippen LogP contribution >= 0.6 is 11.8 Å². The van der Waals surface area contributed by atoms with Crippen LogP contribution in [-0.4, -0.2) is 11.7 Å². The first kappa shape index (κ1) is 14.6. The maximum Gasteiger partial charge on any atom is 0.288 e. The molecule has 106 valence electrons. The second kappa shape index (κ2) is 7.09. The highest BCUT2D eigenvalue weighted by Gasteiger charge is 2.07. The van der Waals surface area contributed by atoms with Crippen molar-refractivity contribution in [1.82, 2.24) is 0 Å². The summed E-state index contributed by atoms with van der Waals surface area (Å²) in [6.07, 6.45) is 2.39. The molecule has 20 heavy (non-hydrogen) atoms. The lowest BCUT2D eigenvalue weighted by molar-refractivity contribution is -0.116. The molecule has 0 aliphatic carbocycles. The molecule has 2 aromatic rings. The fourth-order valence-electron chi connectivity index (χ4n) is 1.63. The van der Waals surface area contributed by atoms with Crippen molar-refractivity contribution in [2.45, 2.75) is 23.5 Å². The van der Waals surface area contributed by atoms with Crippen LogP contribution in [0.15, 0.2) is 52.0 Å². The number of aryl methyl sites for hydroxylation is 1. The van der Waals surface area contributed by atoms with Crippen LogP contribution < -0.4 is 5.32 Å². The van der Waals surface area contributed by atoms with Crippen molar-refractivity contribution in [2.75, 3.05) is 5.32 Å². The molecule has 0 bridgehead atoms. The molecular formula is C14H13F2NO2S. The first-order chi connectivity index (χ1) is 9.63. The Morgan fingerprint density at radius 3 is 2.60 bits per heavy atom. The van der Waals surface area contributed by atoms with Crippen molar-refractivity contribution in [3.63, 3.8) is 0 Å². The van der Waals surface area contributed by atoms with Crippen LogP contribution in [0.4, 0.5) is 14.5 Å². The average Bonchev–Trinajstić information content (AvgIpc) is 2.91.